The first-order chi connectivity index (χ1) is 12.0. The summed E-state index contributed by atoms with van der Waals surface area (Å²) in [4.78, 5) is 30.4. The van der Waals surface area contributed by atoms with Gasteiger partial charge in [-0.2, -0.15) is 0 Å². The summed E-state index contributed by atoms with van der Waals surface area (Å²) in [7, 11) is 0. The molecule has 1 aromatic carbocycles. The van der Waals surface area contributed by atoms with Crippen LogP contribution in [-0.4, -0.2) is 44.5 Å². The minimum atomic E-state index is -0.809. The van der Waals surface area contributed by atoms with Gasteiger partial charge < -0.3 is 10.0 Å². The smallest absolute Gasteiger partial charge is 0.311 e. The van der Waals surface area contributed by atoms with Crippen molar-refractivity contribution in [3.05, 3.63) is 48.3 Å². The first-order valence-corrected chi connectivity index (χ1v) is 8.32. The Balaban J connectivity index is 1.62. The molecule has 25 heavy (non-hydrogen) atoms. The van der Waals surface area contributed by atoms with Gasteiger partial charge in [0.15, 0.2) is 0 Å². The highest BCUT2D eigenvalue weighted by Crippen LogP contribution is 2.49. The van der Waals surface area contributed by atoms with E-state index in [1.807, 2.05) is 0 Å². The van der Waals surface area contributed by atoms with Crippen LogP contribution in [0.4, 0.5) is 4.39 Å². The highest BCUT2D eigenvalue weighted by atomic mass is 19.1. The maximum absolute atomic E-state index is 13.1. The predicted octanol–water partition coefficient (Wildman–Crippen LogP) is 2.34. The normalized spacial score (nSPS) is 25.2. The molecule has 1 aliphatic carbocycles. The van der Waals surface area contributed by atoms with E-state index in [4.69, 9.17) is 0 Å². The average molecular weight is 343 g/mol. The van der Waals surface area contributed by atoms with E-state index in [-0.39, 0.29) is 24.2 Å². The zero-order valence-corrected chi connectivity index (χ0v) is 13.6. The third kappa shape index (κ3) is 2.42. The SMILES string of the molecule is O=C(c1cncn1-c1ccc(F)cc1)N1C[C@@H]2CCC[C@@]2(C(=O)O)C1. The van der Waals surface area contributed by atoms with E-state index in [1.54, 1.807) is 21.6 Å². The van der Waals surface area contributed by atoms with Crippen molar-refractivity contribution in [2.24, 2.45) is 11.3 Å². The number of halogens is 1. The predicted molar refractivity (Wildman–Crippen MR) is 86.8 cm³/mol. The fraction of sp³-hybridized carbons (Fsp3) is 0.389. The first-order valence-electron chi connectivity index (χ1n) is 8.32. The minimum Gasteiger partial charge on any atom is -0.481 e. The van der Waals surface area contributed by atoms with Gasteiger partial charge in [0.25, 0.3) is 5.91 Å². The summed E-state index contributed by atoms with van der Waals surface area (Å²) in [5.41, 5.74) is 0.179. The van der Waals surface area contributed by atoms with Gasteiger partial charge in [-0.25, -0.2) is 9.37 Å². The maximum Gasteiger partial charge on any atom is 0.311 e. The number of carboxylic acids is 1. The number of nitrogens with zero attached hydrogens (tertiary/aromatic N) is 3. The molecule has 1 aromatic heterocycles. The van der Waals surface area contributed by atoms with Crippen LogP contribution in [0.2, 0.25) is 0 Å². The summed E-state index contributed by atoms with van der Waals surface area (Å²) >= 11 is 0. The van der Waals surface area contributed by atoms with Gasteiger partial charge >= 0.3 is 5.97 Å². The Morgan fingerprint density at radius 3 is 2.72 bits per heavy atom. The van der Waals surface area contributed by atoms with Crippen molar-refractivity contribution in [3.8, 4) is 5.69 Å². The second kappa shape index (κ2) is 5.68. The van der Waals surface area contributed by atoms with Gasteiger partial charge in [-0.05, 0) is 43.0 Å². The summed E-state index contributed by atoms with van der Waals surface area (Å²) in [6.45, 7) is 0.695. The summed E-state index contributed by atoms with van der Waals surface area (Å²) in [5.74, 6) is -1.39. The number of hydrogen-bond acceptors (Lipinski definition) is 3. The van der Waals surface area contributed by atoms with Gasteiger partial charge in [0.1, 0.15) is 11.5 Å². The summed E-state index contributed by atoms with van der Waals surface area (Å²) in [6.07, 6.45) is 5.32. The molecule has 7 heteroatoms. The number of rotatable bonds is 3. The van der Waals surface area contributed by atoms with E-state index in [9.17, 15) is 19.1 Å². The largest absolute Gasteiger partial charge is 0.481 e. The molecule has 2 atom stereocenters. The Labute approximate surface area is 143 Å². The van der Waals surface area contributed by atoms with Crippen LogP contribution in [-0.2, 0) is 4.79 Å². The fourth-order valence-electron chi connectivity index (χ4n) is 4.22. The molecule has 1 aliphatic heterocycles. The standard InChI is InChI=1S/C18H18FN3O3/c19-13-3-5-14(6-4-13)22-11-20-8-15(22)16(23)21-9-12-2-1-7-18(12,10-21)17(24)25/h3-6,8,11-12H,1-2,7,9-10H2,(H,24,25)/t12-,18+/m0/s1. The second-order valence-electron chi connectivity index (χ2n) is 6.86. The number of carbonyl (C=O) groups excluding carboxylic acids is 1. The Bertz CT molecular complexity index is 832. The lowest BCUT2D eigenvalue weighted by Crippen LogP contribution is -2.37. The number of likely N-dealkylation sites (tertiary alicyclic amines) is 1. The highest BCUT2D eigenvalue weighted by molar-refractivity contribution is 5.94. The molecule has 0 spiro atoms. The third-order valence-corrected chi connectivity index (χ3v) is 5.55. The van der Waals surface area contributed by atoms with E-state index in [0.29, 0.717) is 24.3 Å². The minimum absolute atomic E-state index is 0.0103. The molecule has 0 radical (unpaired) electrons. The van der Waals surface area contributed by atoms with Crippen LogP contribution in [0, 0.1) is 17.2 Å². The Morgan fingerprint density at radius 2 is 2.04 bits per heavy atom. The quantitative estimate of drug-likeness (QED) is 0.928. The van der Waals surface area contributed by atoms with E-state index < -0.39 is 11.4 Å². The number of aliphatic carboxylic acids is 1. The highest BCUT2D eigenvalue weighted by Gasteiger charge is 2.56. The summed E-state index contributed by atoms with van der Waals surface area (Å²) < 4.78 is 14.7. The van der Waals surface area contributed by atoms with E-state index in [1.165, 1.54) is 24.7 Å². The lowest BCUT2D eigenvalue weighted by Gasteiger charge is -2.23. The van der Waals surface area contributed by atoms with Crippen molar-refractivity contribution in [2.45, 2.75) is 19.3 Å². The van der Waals surface area contributed by atoms with Crippen molar-refractivity contribution in [1.29, 1.82) is 0 Å². The molecule has 0 bridgehead atoms. The number of imidazole rings is 1. The molecular weight excluding hydrogens is 325 g/mol. The molecule has 1 amide bonds. The van der Waals surface area contributed by atoms with Gasteiger partial charge in [0.05, 0.1) is 17.9 Å². The van der Waals surface area contributed by atoms with Crippen LogP contribution in [0.15, 0.2) is 36.8 Å². The zero-order valence-electron chi connectivity index (χ0n) is 13.6. The van der Waals surface area contributed by atoms with Gasteiger partial charge in [-0.15, -0.1) is 0 Å². The maximum atomic E-state index is 13.1. The van der Waals surface area contributed by atoms with Gasteiger partial charge in [-0.3, -0.25) is 14.2 Å². The first kappa shape index (κ1) is 15.8. The van der Waals surface area contributed by atoms with E-state index in [2.05, 4.69) is 4.98 Å². The summed E-state index contributed by atoms with van der Waals surface area (Å²) in [6, 6.07) is 5.79. The van der Waals surface area contributed by atoms with Gasteiger partial charge in [0.2, 0.25) is 0 Å². The number of fused-ring (bicyclic) bond motifs is 1. The number of aromatic nitrogens is 2. The molecule has 2 heterocycles. The van der Waals surface area contributed by atoms with E-state index in [0.717, 1.165) is 12.8 Å². The molecule has 1 N–H and O–H groups in total. The average Bonchev–Trinajstić information content (AvgIpc) is 3.28. The Morgan fingerprint density at radius 1 is 1.28 bits per heavy atom. The summed E-state index contributed by atoms with van der Waals surface area (Å²) in [5, 5.41) is 9.67. The molecule has 1 saturated heterocycles. The van der Waals surface area contributed by atoms with Crippen LogP contribution >= 0.6 is 0 Å². The van der Waals surface area contributed by atoms with Crippen LogP contribution in [0.3, 0.4) is 0 Å². The molecule has 1 saturated carbocycles. The molecule has 130 valence electrons. The molecule has 2 aliphatic rings. The molecule has 6 nitrogen and oxygen atoms in total. The fourth-order valence-corrected chi connectivity index (χ4v) is 4.22. The molecule has 4 rings (SSSR count). The lowest BCUT2D eigenvalue weighted by molar-refractivity contribution is -0.149. The van der Waals surface area contributed by atoms with E-state index >= 15 is 0 Å². The van der Waals surface area contributed by atoms with Crippen molar-refractivity contribution >= 4 is 11.9 Å². The van der Waals surface area contributed by atoms with Crippen molar-refractivity contribution in [1.82, 2.24) is 14.5 Å². The van der Waals surface area contributed by atoms with Crippen molar-refractivity contribution in [3.63, 3.8) is 0 Å². The van der Waals surface area contributed by atoms with Gasteiger partial charge in [0, 0.05) is 18.8 Å². The van der Waals surface area contributed by atoms with Crippen LogP contribution < -0.4 is 0 Å². The van der Waals surface area contributed by atoms with Crippen molar-refractivity contribution in [2.75, 3.05) is 13.1 Å². The Kier molecular flexibility index (Phi) is 3.59. The molecule has 0 unspecified atom stereocenters. The van der Waals surface area contributed by atoms with Gasteiger partial charge in [-0.1, -0.05) is 6.42 Å². The van der Waals surface area contributed by atoms with Crippen LogP contribution in [0.25, 0.3) is 5.69 Å². The topological polar surface area (TPSA) is 75.4 Å². The van der Waals surface area contributed by atoms with Crippen LogP contribution in [0.5, 0.6) is 0 Å². The molecular formula is C18H18FN3O3. The molecule has 2 aromatic rings. The number of carbonyl (C=O) groups is 2. The number of hydrogen-bond donors (Lipinski definition) is 1. The Hall–Kier alpha value is -2.70. The second-order valence-corrected chi connectivity index (χ2v) is 6.86. The van der Waals surface area contributed by atoms with Crippen LogP contribution in [0.1, 0.15) is 29.8 Å². The lowest BCUT2D eigenvalue weighted by atomic mass is 9.81. The zero-order chi connectivity index (χ0) is 17.6. The number of carboxylic acid groups (broad SMARTS) is 1. The molecule has 2 fully saturated rings. The monoisotopic (exact) mass is 343 g/mol. The number of amides is 1. The third-order valence-electron chi connectivity index (χ3n) is 5.55. The van der Waals surface area contributed by atoms with Crippen molar-refractivity contribution < 1.29 is 19.1 Å². The number of benzene rings is 1.